The quantitative estimate of drug-likeness (QED) is 0.876. The SMILES string of the molecule is Cc1cc(C)c(NC(=O)[C@H]2CCN(S(C)(=O)=O)c3ccccc3O2)c(C)c1. The number of para-hydroxylation sites is 2. The molecule has 1 N–H and O–H groups in total. The number of nitrogens with one attached hydrogen (secondary N) is 1. The lowest BCUT2D eigenvalue weighted by molar-refractivity contribution is -0.122. The first-order valence-electron chi connectivity index (χ1n) is 8.79. The molecule has 0 saturated carbocycles. The third-order valence-corrected chi connectivity index (χ3v) is 5.80. The Morgan fingerprint density at radius 3 is 2.41 bits per heavy atom. The molecule has 1 heterocycles. The van der Waals surface area contributed by atoms with Crippen LogP contribution in [-0.4, -0.2) is 33.2 Å². The van der Waals surface area contributed by atoms with Gasteiger partial charge in [0.15, 0.2) is 6.10 Å². The second-order valence-corrected chi connectivity index (χ2v) is 8.87. The van der Waals surface area contributed by atoms with Crippen LogP contribution in [0.25, 0.3) is 0 Å². The van der Waals surface area contributed by atoms with Gasteiger partial charge >= 0.3 is 0 Å². The molecule has 2 aromatic rings. The molecule has 2 aromatic carbocycles. The Labute approximate surface area is 160 Å². The van der Waals surface area contributed by atoms with Crippen molar-refractivity contribution in [2.24, 2.45) is 0 Å². The number of benzene rings is 2. The molecule has 27 heavy (non-hydrogen) atoms. The van der Waals surface area contributed by atoms with Gasteiger partial charge in [-0.3, -0.25) is 9.10 Å². The lowest BCUT2D eigenvalue weighted by Gasteiger charge is -2.20. The summed E-state index contributed by atoms with van der Waals surface area (Å²) in [6.07, 6.45) is 0.638. The van der Waals surface area contributed by atoms with E-state index in [-0.39, 0.29) is 18.9 Å². The van der Waals surface area contributed by atoms with Crippen molar-refractivity contribution in [3.63, 3.8) is 0 Å². The molecule has 0 unspecified atom stereocenters. The maximum Gasteiger partial charge on any atom is 0.265 e. The number of hydrogen-bond acceptors (Lipinski definition) is 4. The summed E-state index contributed by atoms with van der Waals surface area (Å²) >= 11 is 0. The summed E-state index contributed by atoms with van der Waals surface area (Å²) in [5.41, 5.74) is 4.32. The summed E-state index contributed by atoms with van der Waals surface area (Å²) in [5.74, 6) is 0.105. The number of hydrogen-bond donors (Lipinski definition) is 1. The first-order chi connectivity index (χ1) is 12.7. The van der Waals surface area contributed by atoms with Crippen molar-refractivity contribution in [1.29, 1.82) is 0 Å². The van der Waals surface area contributed by atoms with Crippen LogP contribution in [0, 0.1) is 20.8 Å². The van der Waals surface area contributed by atoms with Crippen LogP contribution in [0.1, 0.15) is 23.1 Å². The van der Waals surface area contributed by atoms with E-state index in [1.165, 1.54) is 4.31 Å². The van der Waals surface area contributed by atoms with Crippen molar-refractivity contribution < 1.29 is 17.9 Å². The van der Waals surface area contributed by atoms with Crippen LogP contribution in [0.15, 0.2) is 36.4 Å². The highest BCUT2D eigenvalue weighted by atomic mass is 32.2. The number of anilines is 2. The molecule has 0 bridgehead atoms. The molecule has 0 saturated heterocycles. The van der Waals surface area contributed by atoms with Crippen molar-refractivity contribution in [3.05, 3.63) is 53.1 Å². The molecule has 1 aliphatic rings. The molecule has 7 heteroatoms. The predicted molar refractivity (Wildman–Crippen MR) is 107 cm³/mol. The predicted octanol–water partition coefficient (Wildman–Crippen LogP) is 3.17. The van der Waals surface area contributed by atoms with E-state index in [0.717, 1.165) is 28.6 Å². The van der Waals surface area contributed by atoms with Crippen LogP contribution in [0.3, 0.4) is 0 Å². The average molecular weight is 388 g/mol. The minimum Gasteiger partial charge on any atom is -0.478 e. The summed E-state index contributed by atoms with van der Waals surface area (Å²) in [5, 5.41) is 2.96. The molecule has 0 radical (unpaired) electrons. The number of amides is 1. The highest BCUT2D eigenvalue weighted by molar-refractivity contribution is 7.92. The number of aryl methyl sites for hydroxylation is 3. The second-order valence-electron chi connectivity index (χ2n) is 6.96. The van der Waals surface area contributed by atoms with Gasteiger partial charge in [-0.2, -0.15) is 0 Å². The fraction of sp³-hybridized carbons (Fsp3) is 0.350. The van der Waals surface area contributed by atoms with Gasteiger partial charge < -0.3 is 10.1 Å². The van der Waals surface area contributed by atoms with E-state index in [1.54, 1.807) is 24.3 Å². The van der Waals surface area contributed by atoms with E-state index in [1.807, 2.05) is 32.9 Å². The Morgan fingerprint density at radius 2 is 1.78 bits per heavy atom. The van der Waals surface area contributed by atoms with Gasteiger partial charge in [0.05, 0.1) is 11.9 Å². The Morgan fingerprint density at radius 1 is 1.15 bits per heavy atom. The molecule has 0 fully saturated rings. The van der Waals surface area contributed by atoms with Gasteiger partial charge in [0.2, 0.25) is 10.0 Å². The molecule has 1 aliphatic heterocycles. The molecule has 6 nitrogen and oxygen atoms in total. The monoisotopic (exact) mass is 388 g/mol. The Balaban J connectivity index is 1.88. The number of ether oxygens (including phenoxy) is 1. The van der Waals surface area contributed by atoms with Gasteiger partial charge in [-0.1, -0.05) is 29.8 Å². The average Bonchev–Trinajstić information content (AvgIpc) is 2.77. The lowest BCUT2D eigenvalue weighted by atomic mass is 10.0. The maximum atomic E-state index is 12.9. The van der Waals surface area contributed by atoms with Crippen LogP contribution >= 0.6 is 0 Å². The Bertz CT molecular complexity index is 962. The van der Waals surface area contributed by atoms with Crippen LogP contribution in [0.5, 0.6) is 5.75 Å². The molecule has 1 amide bonds. The molecule has 0 spiro atoms. The number of sulfonamides is 1. The maximum absolute atomic E-state index is 12.9. The third-order valence-electron chi connectivity index (χ3n) is 4.62. The minimum atomic E-state index is -3.47. The molecule has 0 aliphatic carbocycles. The highest BCUT2D eigenvalue weighted by Crippen LogP contribution is 2.34. The molecule has 144 valence electrons. The third kappa shape index (κ3) is 4.08. The standard InChI is InChI=1S/C20H24N2O4S/c1-13-11-14(2)19(15(3)12-13)21-20(23)18-9-10-22(27(4,24)25)16-7-5-6-8-17(16)26-18/h5-8,11-12,18H,9-10H2,1-4H3,(H,21,23)/t18-/m1/s1. The lowest BCUT2D eigenvalue weighted by Crippen LogP contribution is -2.36. The van der Waals surface area contributed by atoms with Gasteiger partial charge in [-0.25, -0.2) is 8.42 Å². The summed E-state index contributed by atoms with van der Waals surface area (Å²) in [7, 11) is -3.47. The van der Waals surface area contributed by atoms with Crippen molar-refractivity contribution in [2.75, 3.05) is 22.4 Å². The first-order valence-corrected chi connectivity index (χ1v) is 10.6. The zero-order chi connectivity index (χ0) is 19.8. The molecule has 0 aromatic heterocycles. The van der Waals surface area contributed by atoms with E-state index >= 15 is 0 Å². The van der Waals surface area contributed by atoms with Crippen LogP contribution in [0.2, 0.25) is 0 Å². The largest absolute Gasteiger partial charge is 0.478 e. The summed E-state index contributed by atoms with van der Waals surface area (Å²) in [4.78, 5) is 12.9. The fourth-order valence-electron chi connectivity index (χ4n) is 3.44. The Kier molecular flexibility index (Phi) is 5.15. The number of carbonyl (C=O) groups is 1. The number of nitrogens with zero attached hydrogens (tertiary/aromatic N) is 1. The van der Waals surface area contributed by atoms with E-state index in [9.17, 15) is 13.2 Å². The number of fused-ring (bicyclic) bond motifs is 1. The van der Waals surface area contributed by atoms with Gasteiger partial charge in [-0.15, -0.1) is 0 Å². The van der Waals surface area contributed by atoms with Crippen molar-refractivity contribution in [2.45, 2.75) is 33.3 Å². The molecule has 3 rings (SSSR count). The highest BCUT2D eigenvalue weighted by Gasteiger charge is 2.31. The normalized spacial score (nSPS) is 16.9. The Hall–Kier alpha value is -2.54. The van der Waals surface area contributed by atoms with Gasteiger partial charge in [0, 0.05) is 18.7 Å². The molecule has 1 atom stereocenters. The zero-order valence-electron chi connectivity index (χ0n) is 15.9. The second kappa shape index (κ2) is 7.23. The minimum absolute atomic E-state index is 0.180. The van der Waals surface area contributed by atoms with Gasteiger partial charge in [0.25, 0.3) is 5.91 Å². The summed E-state index contributed by atoms with van der Waals surface area (Å²) < 4.78 is 31.5. The first kappa shape index (κ1) is 19.2. The van der Waals surface area contributed by atoms with Crippen LogP contribution in [0.4, 0.5) is 11.4 Å². The zero-order valence-corrected chi connectivity index (χ0v) is 16.8. The topological polar surface area (TPSA) is 75.7 Å². The number of carbonyl (C=O) groups excluding carboxylic acids is 1. The van der Waals surface area contributed by atoms with Crippen molar-refractivity contribution in [1.82, 2.24) is 0 Å². The van der Waals surface area contributed by atoms with E-state index in [4.69, 9.17) is 4.74 Å². The van der Waals surface area contributed by atoms with E-state index < -0.39 is 16.1 Å². The van der Waals surface area contributed by atoms with Crippen LogP contribution < -0.4 is 14.4 Å². The van der Waals surface area contributed by atoms with E-state index in [2.05, 4.69) is 5.32 Å². The summed E-state index contributed by atoms with van der Waals surface area (Å²) in [6, 6.07) is 10.9. The summed E-state index contributed by atoms with van der Waals surface area (Å²) in [6.45, 7) is 6.09. The fourth-order valence-corrected chi connectivity index (χ4v) is 4.39. The van der Waals surface area contributed by atoms with Crippen LogP contribution in [-0.2, 0) is 14.8 Å². The van der Waals surface area contributed by atoms with E-state index in [0.29, 0.717) is 11.4 Å². The molecular weight excluding hydrogens is 364 g/mol. The smallest absolute Gasteiger partial charge is 0.265 e. The van der Waals surface area contributed by atoms with Crippen molar-refractivity contribution in [3.8, 4) is 5.75 Å². The van der Waals surface area contributed by atoms with Crippen molar-refractivity contribution >= 4 is 27.3 Å². The van der Waals surface area contributed by atoms with Gasteiger partial charge in [0.1, 0.15) is 5.75 Å². The van der Waals surface area contributed by atoms with Gasteiger partial charge in [-0.05, 0) is 44.0 Å². The molecular formula is C20H24N2O4S. The number of rotatable bonds is 3.